The van der Waals surface area contributed by atoms with E-state index in [-0.39, 0.29) is 28.0 Å². The highest BCUT2D eigenvalue weighted by Gasteiger charge is 2.15. The second-order valence-corrected chi connectivity index (χ2v) is 5.82. The third-order valence-electron chi connectivity index (χ3n) is 2.94. The van der Waals surface area contributed by atoms with E-state index in [1.165, 1.54) is 29.5 Å². The molecule has 0 spiro atoms. The van der Waals surface area contributed by atoms with Crippen molar-refractivity contribution < 1.29 is 20.4 Å². The molecule has 3 aromatic rings. The lowest BCUT2D eigenvalue weighted by Crippen LogP contribution is -1.80. The van der Waals surface area contributed by atoms with E-state index in [4.69, 9.17) is 11.6 Å². The van der Waals surface area contributed by atoms with E-state index in [1.54, 1.807) is 6.07 Å². The van der Waals surface area contributed by atoms with E-state index in [1.807, 2.05) is 0 Å². The van der Waals surface area contributed by atoms with Crippen molar-refractivity contribution in [3.8, 4) is 44.1 Å². The fourth-order valence-corrected chi connectivity index (χ4v) is 2.86. The molecule has 0 aliphatic heterocycles. The van der Waals surface area contributed by atoms with Crippen molar-refractivity contribution in [2.24, 2.45) is 0 Å². The molecule has 0 atom stereocenters. The minimum Gasteiger partial charge on any atom is -0.507 e. The number of hydrogen-bond donors (Lipinski definition) is 4. The summed E-state index contributed by atoms with van der Waals surface area (Å²) in [6, 6.07) is 6.82. The molecule has 1 heterocycles. The monoisotopic (exact) mass is 336 g/mol. The first-order chi connectivity index (χ1) is 10.5. The number of aromatic nitrogens is 2. The SMILES string of the molecule is Oc1ccc(-c2nnc(-c3cc(Cl)c(O)cc3O)s2)cc1O. The topological polar surface area (TPSA) is 107 Å². The molecule has 112 valence electrons. The van der Waals surface area contributed by atoms with Gasteiger partial charge in [-0.3, -0.25) is 0 Å². The summed E-state index contributed by atoms with van der Waals surface area (Å²) in [4.78, 5) is 0. The molecule has 0 saturated heterocycles. The van der Waals surface area contributed by atoms with E-state index in [0.717, 1.165) is 6.07 Å². The molecule has 2 aromatic carbocycles. The van der Waals surface area contributed by atoms with Crippen molar-refractivity contribution in [1.29, 1.82) is 0 Å². The normalized spacial score (nSPS) is 10.8. The van der Waals surface area contributed by atoms with Crippen LogP contribution in [0.3, 0.4) is 0 Å². The van der Waals surface area contributed by atoms with Crippen LogP contribution in [-0.4, -0.2) is 30.6 Å². The van der Waals surface area contributed by atoms with Gasteiger partial charge >= 0.3 is 0 Å². The summed E-state index contributed by atoms with van der Waals surface area (Å²) in [7, 11) is 0. The quantitative estimate of drug-likeness (QED) is 0.535. The van der Waals surface area contributed by atoms with Gasteiger partial charge in [0.2, 0.25) is 0 Å². The Morgan fingerprint density at radius 3 is 2.23 bits per heavy atom. The summed E-state index contributed by atoms with van der Waals surface area (Å²) in [5.74, 6) is -0.879. The Morgan fingerprint density at radius 2 is 1.50 bits per heavy atom. The fourth-order valence-electron chi connectivity index (χ4n) is 1.83. The smallest absolute Gasteiger partial charge is 0.158 e. The van der Waals surface area contributed by atoms with Crippen molar-refractivity contribution >= 4 is 22.9 Å². The summed E-state index contributed by atoms with van der Waals surface area (Å²) in [6.07, 6.45) is 0. The van der Waals surface area contributed by atoms with Crippen LogP contribution in [0.25, 0.3) is 21.1 Å². The van der Waals surface area contributed by atoms with Crippen LogP contribution in [0, 0.1) is 0 Å². The van der Waals surface area contributed by atoms with Gasteiger partial charge < -0.3 is 20.4 Å². The van der Waals surface area contributed by atoms with Gasteiger partial charge in [0.1, 0.15) is 16.5 Å². The van der Waals surface area contributed by atoms with E-state index >= 15 is 0 Å². The number of rotatable bonds is 2. The average molecular weight is 337 g/mol. The minimum atomic E-state index is -0.259. The number of phenolic OH excluding ortho intramolecular Hbond substituents is 4. The average Bonchev–Trinajstić information content (AvgIpc) is 2.95. The van der Waals surface area contributed by atoms with E-state index in [2.05, 4.69) is 10.2 Å². The van der Waals surface area contributed by atoms with Crippen LogP contribution in [0.2, 0.25) is 5.02 Å². The third-order valence-corrected chi connectivity index (χ3v) is 4.25. The predicted octanol–water partition coefficient (Wildman–Crippen LogP) is 3.35. The Hall–Kier alpha value is -2.51. The molecule has 0 amide bonds. The minimum absolute atomic E-state index is 0.0897. The first-order valence-corrected chi connectivity index (χ1v) is 7.23. The van der Waals surface area contributed by atoms with Gasteiger partial charge in [0.25, 0.3) is 0 Å². The molecule has 6 nitrogen and oxygen atoms in total. The molecule has 0 unspecified atom stereocenters. The highest BCUT2D eigenvalue weighted by molar-refractivity contribution is 7.18. The van der Waals surface area contributed by atoms with Gasteiger partial charge in [0.05, 0.1) is 10.6 Å². The van der Waals surface area contributed by atoms with Gasteiger partial charge in [-0.05, 0) is 24.3 Å². The molecule has 22 heavy (non-hydrogen) atoms. The van der Waals surface area contributed by atoms with Crippen LogP contribution in [0.5, 0.6) is 23.0 Å². The second kappa shape index (κ2) is 5.36. The van der Waals surface area contributed by atoms with Crippen LogP contribution < -0.4 is 0 Å². The summed E-state index contributed by atoms with van der Waals surface area (Å²) >= 11 is 7.00. The van der Waals surface area contributed by atoms with E-state index in [0.29, 0.717) is 21.1 Å². The van der Waals surface area contributed by atoms with Gasteiger partial charge in [-0.25, -0.2) is 0 Å². The molecular formula is C14H9ClN2O4S. The Kier molecular flexibility index (Phi) is 3.51. The molecule has 3 rings (SSSR count). The lowest BCUT2D eigenvalue weighted by atomic mass is 10.2. The lowest BCUT2D eigenvalue weighted by Gasteiger charge is -2.03. The summed E-state index contributed by atoms with van der Waals surface area (Å²) in [6.45, 7) is 0. The first-order valence-electron chi connectivity index (χ1n) is 6.03. The number of phenols is 4. The Bertz CT molecular complexity index is 866. The van der Waals surface area contributed by atoms with Crippen molar-refractivity contribution in [2.45, 2.75) is 0 Å². The van der Waals surface area contributed by atoms with Gasteiger partial charge in [-0.15, -0.1) is 10.2 Å². The maximum atomic E-state index is 9.88. The van der Waals surface area contributed by atoms with Gasteiger partial charge in [-0.1, -0.05) is 22.9 Å². The number of aromatic hydroxyl groups is 4. The molecule has 0 saturated carbocycles. The Labute approximate surface area is 133 Å². The van der Waals surface area contributed by atoms with E-state index < -0.39 is 0 Å². The molecule has 0 radical (unpaired) electrons. The predicted molar refractivity (Wildman–Crippen MR) is 82.5 cm³/mol. The summed E-state index contributed by atoms with van der Waals surface area (Å²) < 4.78 is 0. The molecule has 4 N–H and O–H groups in total. The molecule has 0 bridgehead atoms. The van der Waals surface area contributed by atoms with Crippen LogP contribution in [0.15, 0.2) is 30.3 Å². The standard InChI is InChI=1S/C14H9ClN2O4S/c15-8-4-7(10(19)5-11(8)20)14-17-16-13(22-14)6-1-2-9(18)12(21)3-6/h1-5,18-21H. The highest BCUT2D eigenvalue weighted by Crippen LogP contribution is 2.40. The van der Waals surface area contributed by atoms with Crippen molar-refractivity contribution in [2.75, 3.05) is 0 Å². The van der Waals surface area contributed by atoms with Gasteiger partial charge in [-0.2, -0.15) is 0 Å². The van der Waals surface area contributed by atoms with Crippen LogP contribution in [0.1, 0.15) is 0 Å². The zero-order chi connectivity index (χ0) is 15.9. The molecule has 0 fully saturated rings. The van der Waals surface area contributed by atoms with Crippen LogP contribution >= 0.6 is 22.9 Å². The van der Waals surface area contributed by atoms with Crippen molar-refractivity contribution in [1.82, 2.24) is 10.2 Å². The number of halogens is 1. The maximum Gasteiger partial charge on any atom is 0.158 e. The first kappa shape index (κ1) is 14.4. The maximum absolute atomic E-state index is 9.88. The zero-order valence-electron chi connectivity index (χ0n) is 10.9. The Balaban J connectivity index is 2.04. The zero-order valence-corrected chi connectivity index (χ0v) is 12.4. The van der Waals surface area contributed by atoms with Crippen molar-refractivity contribution in [3.63, 3.8) is 0 Å². The van der Waals surface area contributed by atoms with Crippen LogP contribution in [0.4, 0.5) is 0 Å². The van der Waals surface area contributed by atoms with E-state index in [9.17, 15) is 20.4 Å². The molecule has 1 aromatic heterocycles. The van der Waals surface area contributed by atoms with Crippen molar-refractivity contribution in [3.05, 3.63) is 35.4 Å². The third kappa shape index (κ3) is 2.51. The Morgan fingerprint density at radius 1 is 0.773 bits per heavy atom. The largest absolute Gasteiger partial charge is 0.507 e. The summed E-state index contributed by atoms with van der Waals surface area (Å²) in [5.41, 5.74) is 0.915. The molecule has 8 heteroatoms. The number of nitrogens with zero attached hydrogens (tertiary/aromatic N) is 2. The second-order valence-electron chi connectivity index (χ2n) is 4.44. The lowest BCUT2D eigenvalue weighted by molar-refractivity contribution is 0.404. The molecule has 0 aliphatic rings. The van der Waals surface area contributed by atoms with Gasteiger partial charge in [0.15, 0.2) is 16.5 Å². The fraction of sp³-hybridized carbons (Fsp3) is 0. The highest BCUT2D eigenvalue weighted by atomic mass is 35.5. The van der Waals surface area contributed by atoms with Crippen LogP contribution in [-0.2, 0) is 0 Å². The summed E-state index contributed by atoms with van der Waals surface area (Å²) in [5, 5.41) is 47.1. The molecule has 0 aliphatic carbocycles. The number of benzene rings is 2. The van der Waals surface area contributed by atoms with Gasteiger partial charge in [0, 0.05) is 11.6 Å². The number of hydrogen-bond acceptors (Lipinski definition) is 7. The molecular weight excluding hydrogens is 328 g/mol.